The molecule has 34 heteroatoms. The van der Waals surface area contributed by atoms with E-state index >= 15 is 0 Å². The summed E-state index contributed by atoms with van der Waals surface area (Å²) in [5.74, 6) is -5.18. The first-order valence-corrected chi connectivity index (χ1v) is 36.2. The number of sulfonamides is 2. The average Bonchev–Trinajstić information content (AvgIpc) is 1.57. The Labute approximate surface area is 576 Å². The molecule has 0 radical (unpaired) electrons. The number of aliphatic hydroxyl groups is 1. The van der Waals surface area contributed by atoms with Crippen LogP contribution in [0.2, 0.25) is 0 Å². The molecule has 10 atom stereocenters. The van der Waals surface area contributed by atoms with Gasteiger partial charge in [0.15, 0.2) is 0 Å². The van der Waals surface area contributed by atoms with Crippen LogP contribution in [-0.4, -0.2) is 189 Å². The fourth-order valence-electron chi connectivity index (χ4n) is 11.9. The molecule has 7 aliphatic rings. The standard InChI is InChI=1S/C34H40N6O9S2.C30H30N6O8S2.ClH/c1-5-19-16-34(19,31(44)39-51(46,47)21-12-13-21)38-28(42)25-15-20(17-40(25)30(43)24(18-41)37-32(45)49-33(2,3)4)48-29-27(26-11-8-14-50-26)35-22-9-6-7-10-23(22)36-29;1-2-16-13-30(16,28(39)35-46(41,42)18-9-10-18)34-25(37)22-12-17(14-36(22)27(38)21-15-43-29(40)33-21)44-26-24(23-8-5-11-45-23)31-19-6-3-4-7-20(19)32-26;/h5-11,14,19-21,24-25,41H,1,12-13,15-18H2,2-4H3,(H,37,45)(H,38,42)(H,39,44);2-8,11,16-18,21-22H,1,9-10,12-15H2,(H,33,40)(H,34,37)(H,35,39);1H/t19-,20-,24+,25+,34-;16-,17-,21+,22+,30-;/m11./s1. The van der Waals surface area contributed by atoms with Crippen molar-refractivity contribution < 1.29 is 79.2 Å². The van der Waals surface area contributed by atoms with Crippen LogP contribution in [0.25, 0.3) is 43.2 Å². The molecule has 2 aromatic carbocycles. The molecule has 6 aromatic rings. The first-order chi connectivity index (χ1) is 46.2. The number of cyclic esters (lactones) is 1. The van der Waals surface area contributed by atoms with E-state index in [9.17, 15) is 60.3 Å². The predicted molar refractivity (Wildman–Crippen MR) is 359 cm³/mol. The number of nitrogens with one attached hydrogen (secondary N) is 6. The van der Waals surface area contributed by atoms with Crippen LogP contribution in [0, 0.1) is 11.8 Å². The van der Waals surface area contributed by atoms with Gasteiger partial charge in [-0.05, 0) is 106 Å². The number of thiophene rings is 2. The topological polar surface area (TPSA) is 392 Å². The maximum atomic E-state index is 14.1. The Morgan fingerprint density at radius 2 is 1.13 bits per heavy atom. The highest BCUT2D eigenvalue weighted by Gasteiger charge is 2.63. The van der Waals surface area contributed by atoms with E-state index < -0.39 is 150 Å². The van der Waals surface area contributed by atoms with E-state index in [2.05, 4.69) is 43.9 Å². The molecule has 3 saturated heterocycles. The second-order valence-electron chi connectivity index (χ2n) is 25.7. The highest BCUT2D eigenvalue weighted by Crippen LogP contribution is 2.47. The number of alkyl carbamates (subject to hydrolysis) is 2. The molecule has 4 aliphatic carbocycles. The van der Waals surface area contributed by atoms with Crippen molar-refractivity contribution in [3.63, 3.8) is 0 Å². The number of amides is 8. The zero-order valence-corrected chi connectivity index (χ0v) is 57.2. The van der Waals surface area contributed by atoms with Crippen molar-refractivity contribution in [1.29, 1.82) is 0 Å². The van der Waals surface area contributed by atoms with Gasteiger partial charge >= 0.3 is 12.2 Å². The zero-order valence-electron chi connectivity index (χ0n) is 53.1. The van der Waals surface area contributed by atoms with Crippen molar-refractivity contribution in [2.75, 3.05) is 26.3 Å². The van der Waals surface area contributed by atoms with Crippen molar-refractivity contribution in [3.8, 4) is 32.9 Å². The predicted octanol–water partition coefficient (Wildman–Crippen LogP) is 4.17. The molecule has 0 bridgehead atoms. The molecule has 98 heavy (non-hydrogen) atoms. The molecule has 4 aromatic heterocycles. The number of para-hydroxylation sites is 4. The van der Waals surface area contributed by atoms with E-state index in [1.807, 2.05) is 71.4 Å². The summed E-state index contributed by atoms with van der Waals surface area (Å²) in [6.45, 7) is 11.2. The molecule has 0 unspecified atom stereocenters. The van der Waals surface area contributed by atoms with Gasteiger partial charge in [0.2, 0.25) is 55.4 Å². The normalized spacial score (nSPS) is 25.0. The highest BCUT2D eigenvalue weighted by atomic mass is 35.5. The lowest BCUT2D eigenvalue weighted by Gasteiger charge is -2.29. The maximum absolute atomic E-state index is 14.1. The van der Waals surface area contributed by atoms with Crippen molar-refractivity contribution in [3.05, 3.63) is 109 Å². The van der Waals surface area contributed by atoms with Crippen molar-refractivity contribution >= 4 is 125 Å². The van der Waals surface area contributed by atoms with E-state index in [-0.39, 0.29) is 69.5 Å². The van der Waals surface area contributed by atoms with Crippen molar-refractivity contribution in [2.45, 2.75) is 136 Å². The van der Waals surface area contributed by atoms with Crippen LogP contribution in [0.1, 0.15) is 72.1 Å². The molecular formula is C64H71ClN12O17S4. The summed E-state index contributed by atoms with van der Waals surface area (Å²) >= 11 is 2.89. The fraction of sp³-hybridized carbons (Fsp3) is 0.438. The fourth-order valence-corrected chi connectivity index (χ4v) is 16.1. The first-order valence-electron chi connectivity index (χ1n) is 31.3. The molecule has 8 amide bonds. The molecule has 13 rings (SSSR count). The maximum Gasteiger partial charge on any atom is 0.408 e. The van der Waals surface area contributed by atoms with Gasteiger partial charge in [0, 0.05) is 24.7 Å². The number of ether oxygens (including phenoxy) is 4. The van der Waals surface area contributed by atoms with Gasteiger partial charge < -0.3 is 55.1 Å². The number of aliphatic hydroxyl groups excluding tert-OH is 1. The van der Waals surface area contributed by atoms with E-state index in [1.54, 1.807) is 32.9 Å². The molecule has 0 spiro atoms. The minimum atomic E-state index is -3.92. The summed E-state index contributed by atoms with van der Waals surface area (Å²) < 4.78 is 77.6. The van der Waals surface area contributed by atoms with Crippen LogP contribution >= 0.6 is 35.1 Å². The SMILES string of the molecule is C=C[C@@H]1C[C@]1(NC(=O)[C@@H]1C[C@@H](Oc2nc3ccccc3nc2-c2cccs2)CN1C(=O)[C@@H]1COC(=O)N1)C(=O)NS(=O)(=O)C1CC1.C=C[C@@H]1C[C@]1(NC(=O)[C@@H]1C[C@@H](Oc2nc3ccccc3nc2-c2cccs2)CN1C(=O)[C@H](CO)NC(=O)OC(C)(C)C)C(=O)NS(=O)(=O)C1CC1.Cl. The van der Waals surface area contributed by atoms with Crippen LogP contribution in [0.4, 0.5) is 9.59 Å². The lowest BCUT2D eigenvalue weighted by Crippen LogP contribution is -2.59. The van der Waals surface area contributed by atoms with Crippen LogP contribution in [0.3, 0.4) is 0 Å². The Bertz CT molecular complexity index is 4380. The van der Waals surface area contributed by atoms with Gasteiger partial charge in [0.1, 0.15) is 71.0 Å². The third-order valence-corrected chi connectivity index (χ3v) is 22.9. The van der Waals surface area contributed by atoms with Gasteiger partial charge in [-0.15, -0.1) is 48.2 Å². The Hall–Kier alpha value is -8.89. The third kappa shape index (κ3) is 15.1. The van der Waals surface area contributed by atoms with Gasteiger partial charge in [0.05, 0.1) is 62.0 Å². The van der Waals surface area contributed by atoms with E-state index in [0.29, 0.717) is 59.1 Å². The lowest BCUT2D eigenvalue weighted by atomic mass is 10.1. The molecule has 7 N–H and O–H groups in total. The minimum Gasteiger partial charge on any atom is -0.471 e. The largest absolute Gasteiger partial charge is 0.471 e. The molecule has 29 nitrogen and oxygen atoms in total. The van der Waals surface area contributed by atoms with Gasteiger partial charge in [-0.2, -0.15) is 0 Å². The van der Waals surface area contributed by atoms with Gasteiger partial charge in [-0.3, -0.25) is 38.2 Å². The number of halogens is 1. The van der Waals surface area contributed by atoms with E-state index in [0.717, 1.165) is 14.7 Å². The minimum absolute atomic E-state index is 0. The molecule has 7 fully saturated rings. The van der Waals surface area contributed by atoms with Gasteiger partial charge in [0.25, 0.3) is 11.8 Å². The summed E-state index contributed by atoms with van der Waals surface area (Å²) in [7, 11) is -7.80. The second kappa shape index (κ2) is 27.8. The lowest BCUT2D eigenvalue weighted by molar-refractivity contribution is -0.141. The number of nitrogens with zero attached hydrogens (tertiary/aromatic N) is 6. The Balaban J connectivity index is 0.000000197. The van der Waals surface area contributed by atoms with Gasteiger partial charge in [-0.1, -0.05) is 48.6 Å². The van der Waals surface area contributed by atoms with E-state index in [1.165, 1.54) is 39.7 Å². The first kappa shape index (κ1) is 70.4. The zero-order chi connectivity index (χ0) is 68.9. The van der Waals surface area contributed by atoms with Gasteiger partial charge in [-0.25, -0.2) is 46.4 Å². The number of carbonyl (C=O) groups excluding carboxylic acids is 8. The molecular weight excluding hydrogens is 1370 g/mol. The number of benzene rings is 2. The number of hydrogen-bond acceptors (Lipinski definition) is 23. The Morgan fingerprint density at radius 1 is 0.694 bits per heavy atom. The molecule has 4 saturated carbocycles. The summed E-state index contributed by atoms with van der Waals surface area (Å²) in [6, 6.07) is 17.2. The Kier molecular flexibility index (Phi) is 20.0. The second-order valence-corrected chi connectivity index (χ2v) is 31.5. The average molecular weight is 1440 g/mol. The number of fused-ring (bicyclic) bond motifs is 2. The number of likely N-dealkylation sites (tertiary alicyclic amines) is 2. The van der Waals surface area contributed by atoms with Crippen LogP contribution < -0.4 is 40.2 Å². The number of aromatic nitrogens is 4. The molecule has 7 heterocycles. The molecule has 520 valence electrons. The third-order valence-electron chi connectivity index (χ3n) is 17.5. The number of carbonyl (C=O) groups is 8. The van der Waals surface area contributed by atoms with Crippen molar-refractivity contribution in [2.24, 2.45) is 11.8 Å². The quantitative estimate of drug-likeness (QED) is 0.0469. The van der Waals surface area contributed by atoms with Crippen LogP contribution in [0.5, 0.6) is 11.8 Å². The monoisotopic (exact) mass is 1440 g/mol. The van der Waals surface area contributed by atoms with Crippen LogP contribution in [-0.2, 0) is 58.3 Å². The summed E-state index contributed by atoms with van der Waals surface area (Å²) in [6.07, 6.45) is 1.71. The number of hydrogen-bond donors (Lipinski definition) is 7. The highest BCUT2D eigenvalue weighted by molar-refractivity contribution is 7.91. The Morgan fingerprint density at radius 3 is 1.51 bits per heavy atom. The number of rotatable bonds is 22. The van der Waals surface area contributed by atoms with E-state index in [4.69, 9.17) is 38.9 Å². The van der Waals surface area contributed by atoms with Crippen molar-refractivity contribution in [1.82, 2.24) is 60.4 Å². The summed E-state index contributed by atoms with van der Waals surface area (Å²) in [4.78, 5) is 130. The van der Waals surface area contributed by atoms with Crippen LogP contribution in [0.15, 0.2) is 109 Å². The smallest absolute Gasteiger partial charge is 0.408 e. The summed E-state index contributed by atoms with van der Waals surface area (Å²) in [5, 5.41) is 22.9. The molecule has 3 aliphatic heterocycles. The summed E-state index contributed by atoms with van der Waals surface area (Å²) in [5.41, 5.74) is -0.577.